The molecule has 2 aromatic rings. The minimum atomic E-state index is -0.103. The molecule has 0 saturated heterocycles. The molecule has 2 rings (SSSR count). The Morgan fingerprint density at radius 2 is 2.10 bits per heavy atom. The predicted octanol–water partition coefficient (Wildman–Crippen LogP) is 3.47. The minimum absolute atomic E-state index is 0.103. The lowest BCUT2D eigenvalue weighted by atomic mass is 10.2. The van der Waals surface area contributed by atoms with E-state index in [1.165, 1.54) is 0 Å². The number of nitrogens with one attached hydrogen (secondary N) is 1. The third-order valence-electron chi connectivity index (χ3n) is 3.02. The number of pyridine rings is 1. The van der Waals surface area contributed by atoms with Crippen molar-refractivity contribution in [1.82, 2.24) is 4.98 Å². The molecule has 1 aromatic heterocycles. The molecule has 0 unspecified atom stereocenters. The van der Waals surface area contributed by atoms with Crippen LogP contribution in [0.5, 0.6) is 0 Å². The van der Waals surface area contributed by atoms with E-state index < -0.39 is 0 Å². The average molecular weight is 334 g/mol. The van der Waals surface area contributed by atoms with Gasteiger partial charge >= 0.3 is 0 Å². The van der Waals surface area contributed by atoms with Crippen LogP contribution >= 0.6 is 15.9 Å². The molecule has 20 heavy (non-hydrogen) atoms. The molecule has 0 radical (unpaired) electrons. The molecule has 104 valence electrons. The SMILES string of the molecule is CNc1ncc(Br)cc1C(=O)N(C)c1cccc(C)c1. The Hall–Kier alpha value is -1.88. The minimum Gasteiger partial charge on any atom is -0.372 e. The maximum atomic E-state index is 12.6. The van der Waals surface area contributed by atoms with Crippen molar-refractivity contribution in [2.75, 3.05) is 24.3 Å². The van der Waals surface area contributed by atoms with Crippen LogP contribution in [0.15, 0.2) is 41.0 Å². The number of benzene rings is 1. The summed E-state index contributed by atoms with van der Waals surface area (Å²) in [5.74, 6) is 0.464. The zero-order chi connectivity index (χ0) is 14.7. The molecule has 0 atom stereocenters. The number of hydrogen-bond donors (Lipinski definition) is 1. The van der Waals surface area contributed by atoms with Crippen molar-refractivity contribution in [1.29, 1.82) is 0 Å². The first-order valence-electron chi connectivity index (χ1n) is 6.21. The number of aromatic nitrogens is 1. The van der Waals surface area contributed by atoms with Crippen molar-refractivity contribution in [2.45, 2.75) is 6.92 Å². The Balaban J connectivity index is 2.38. The van der Waals surface area contributed by atoms with Crippen LogP contribution in [0.25, 0.3) is 0 Å². The number of hydrogen-bond acceptors (Lipinski definition) is 3. The fourth-order valence-electron chi connectivity index (χ4n) is 1.94. The van der Waals surface area contributed by atoms with Gasteiger partial charge in [0.15, 0.2) is 0 Å². The van der Waals surface area contributed by atoms with Gasteiger partial charge in [-0.1, -0.05) is 12.1 Å². The van der Waals surface area contributed by atoms with E-state index in [0.717, 1.165) is 15.7 Å². The smallest absolute Gasteiger partial charge is 0.261 e. The number of amides is 1. The highest BCUT2D eigenvalue weighted by atomic mass is 79.9. The summed E-state index contributed by atoms with van der Waals surface area (Å²) in [4.78, 5) is 18.4. The van der Waals surface area contributed by atoms with E-state index in [-0.39, 0.29) is 5.91 Å². The molecule has 1 N–H and O–H groups in total. The predicted molar refractivity (Wildman–Crippen MR) is 85.4 cm³/mol. The Morgan fingerprint density at radius 1 is 1.35 bits per heavy atom. The second-order valence-corrected chi connectivity index (χ2v) is 5.42. The van der Waals surface area contributed by atoms with Gasteiger partial charge in [0.05, 0.1) is 5.56 Å². The monoisotopic (exact) mass is 333 g/mol. The number of halogens is 1. The van der Waals surface area contributed by atoms with Crippen LogP contribution in [0.2, 0.25) is 0 Å². The fourth-order valence-corrected chi connectivity index (χ4v) is 2.27. The summed E-state index contributed by atoms with van der Waals surface area (Å²) in [6.07, 6.45) is 1.66. The summed E-state index contributed by atoms with van der Waals surface area (Å²) < 4.78 is 0.775. The van der Waals surface area contributed by atoms with Gasteiger partial charge in [0.2, 0.25) is 0 Å². The molecular formula is C15H16BrN3O. The Kier molecular flexibility index (Phi) is 4.39. The maximum Gasteiger partial charge on any atom is 0.261 e. The molecule has 0 aliphatic heterocycles. The highest BCUT2D eigenvalue weighted by molar-refractivity contribution is 9.10. The molecular weight excluding hydrogens is 318 g/mol. The van der Waals surface area contributed by atoms with Crippen LogP contribution in [0.3, 0.4) is 0 Å². The van der Waals surface area contributed by atoms with Crippen LogP contribution in [0, 0.1) is 6.92 Å². The third-order valence-corrected chi connectivity index (χ3v) is 3.45. The molecule has 0 saturated carbocycles. The zero-order valence-electron chi connectivity index (χ0n) is 11.6. The molecule has 1 amide bonds. The van der Waals surface area contributed by atoms with E-state index in [1.807, 2.05) is 31.2 Å². The summed E-state index contributed by atoms with van der Waals surface area (Å²) in [5, 5.41) is 2.94. The van der Waals surface area contributed by atoms with E-state index in [0.29, 0.717) is 11.4 Å². The topological polar surface area (TPSA) is 45.2 Å². The molecule has 0 aliphatic rings. The van der Waals surface area contributed by atoms with Crippen molar-refractivity contribution in [3.8, 4) is 0 Å². The van der Waals surface area contributed by atoms with Crippen LogP contribution in [-0.4, -0.2) is 25.0 Å². The Labute approximate surface area is 127 Å². The first-order chi connectivity index (χ1) is 9.52. The number of carbonyl (C=O) groups excluding carboxylic acids is 1. The van der Waals surface area contributed by atoms with E-state index in [2.05, 4.69) is 26.2 Å². The van der Waals surface area contributed by atoms with Gasteiger partial charge in [-0.3, -0.25) is 4.79 Å². The maximum absolute atomic E-state index is 12.6. The fraction of sp³-hybridized carbons (Fsp3) is 0.200. The van der Waals surface area contributed by atoms with Gasteiger partial charge in [0.25, 0.3) is 5.91 Å². The van der Waals surface area contributed by atoms with Crippen LogP contribution in [-0.2, 0) is 0 Å². The standard InChI is InChI=1S/C15H16BrN3O/c1-10-5-4-6-12(7-10)19(3)15(20)13-8-11(16)9-18-14(13)17-2/h4-9H,1-3H3,(H,17,18). The van der Waals surface area contributed by atoms with Crippen LogP contribution in [0.1, 0.15) is 15.9 Å². The Morgan fingerprint density at radius 3 is 2.75 bits per heavy atom. The molecule has 0 fully saturated rings. The average Bonchev–Trinajstić information content (AvgIpc) is 2.45. The molecule has 0 aliphatic carbocycles. The summed E-state index contributed by atoms with van der Waals surface area (Å²) in [5.41, 5.74) is 2.51. The van der Waals surface area contributed by atoms with Gasteiger partial charge in [0.1, 0.15) is 5.82 Å². The number of rotatable bonds is 3. The van der Waals surface area contributed by atoms with E-state index in [1.54, 1.807) is 31.3 Å². The first kappa shape index (κ1) is 14.5. The van der Waals surface area contributed by atoms with Crippen LogP contribution < -0.4 is 10.2 Å². The van der Waals surface area contributed by atoms with E-state index in [4.69, 9.17) is 0 Å². The summed E-state index contributed by atoms with van der Waals surface area (Å²) in [7, 11) is 3.51. The number of aryl methyl sites for hydroxylation is 1. The lowest BCUT2D eigenvalue weighted by molar-refractivity contribution is 0.0993. The molecule has 1 aromatic carbocycles. The van der Waals surface area contributed by atoms with Crippen molar-refractivity contribution >= 4 is 33.3 Å². The number of anilines is 2. The molecule has 5 heteroatoms. The summed E-state index contributed by atoms with van der Waals surface area (Å²) >= 11 is 3.35. The highest BCUT2D eigenvalue weighted by Gasteiger charge is 2.18. The number of carbonyl (C=O) groups is 1. The van der Waals surface area contributed by atoms with Gasteiger partial charge in [0, 0.05) is 30.5 Å². The molecule has 0 bridgehead atoms. The zero-order valence-corrected chi connectivity index (χ0v) is 13.2. The second-order valence-electron chi connectivity index (χ2n) is 4.50. The van der Waals surface area contributed by atoms with Crippen molar-refractivity contribution < 1.29 is 4.79 Å². The van der Waals surface area contributed by atoms with Gasteiger partial charge in [-0.2, -0.15) is 0 Å². The van der Waals surface area contributed by atoms with E-state index >= 15 is 0 Å². The first-order valence-corrected chi connectivity index (χ1v) is 7.00. The van der Waals surface area contributed by atoms with Crippen molar-refractivity contribution in [2.24, 2.45) is 0 Å². The van der Waals surface area contributed by atoms with Crippen molar-refractivity contribution in [3.05, 3.63) is 52.1 Å². The van der Waals surface area contributed by atoms with Gasteiger partial charge in [-0.15, -0.1) is 0 Å². The van der Waals surface area contributed by atoms with Crippen molar-refractivity contribution in [3.63, 3.8) is 0 Å². The lowest BCUT2D eigenvalue weighted by Gasteiger charge is -2.19. The molecule has 4 nitrogen and oxygen atoms in total. The molecule has 1 heterocycles. The Bertz CT molecular complexity index is 643. The molecule has 0 spiro atoms. The second kappa shape index (κ2) is 6.05. The van der Waals surface area contributed by atoms with Crippen LogP contribution in [0.4, 0.5) is 11.5 Å². The summed E-state index contributed by atoms with van der Waals surface area (Å²) in [6, 6.07) is 9.60. The van der Waals surface area contributed by atoms with Gasteiger partial charge < -0.3 is 10.2 Å². The van der Waals surface area contributed by atoms with E-state index in [9.17, 15) is 4.79 Å². The van der Waals surface area contributed by atoms with Gasteiger partial charge in [-0.05, 0) is 46.6 Å². The summed E-state index contributed by atoms with van der Waals surface area (Å²) in [6.45, 7) is 2.00. The largest absolute Gasteiger partial charge is 0.372 e. The number of nitrogens with zero attached hydrogens (tertiary/aromatic N) is 2. The quantitative estimate of drug-likeness (QED) is 0.935. The lowest BCUT2D eigenvalue weighted by Crippen LogP contribution is -2.27. The highest BCUT2D eigenvalue weighted by Crippen LogP contribution is 2.22. The normalized spacial score (nSPS) is 10.2. The van der Waals surface area contributed by atoms with Gasteiger partial charge in [-0.25, -0.2) is 4.98 Å². The third kappa shape index (κ3) is 2.99.